The minimum Gasteiger partial charge on any atom is -0.0755 e. The molecule has 1 aliphatic rings. The lowest BCUT2D eigenvalue weighted by atomic mass is 9.98. The molecule has 2 radical (unpaired) electrons. The highest BCUT2D eigenvalue weighted by Gasteiger charge is 2.00. The van der Waals surface area contributed by atoms with Gasteiger partial charge in [-0.15, -0.1) is 0 Å². The first-order valence-electron chi connectivity index (χ1n) is 5.19. The van der Waals surface area contributed by atoms with Crippen molar-refractivity contribution in [2.45, 2.75) is 13.3 Å². The predicted octanol–water partition coefficient (Wildman–Crippen LogP) is 3.68. The van der Waals surface area contributed by atoms with Crippen LogP contribution in [-0.2, 0) is 6.42 Å². The molecule has 0 N–H and O–H groups in total. The van der Waals surface area contributed by atoms with E-state index in [9.17, 15) is 0 Å². The SMILES string of the molecule is C/C(Cc1ccccc1)=C1/C=[C][CH]C=C1. The van der Waals surface area contributed by atoms with Gasteiger partial charge in [-0.05, 0) is 30.6 Å². The maximum atomic E-state index is 3.11. The average Bonchev–Trinajstić information content (AvgIpc) is 2.31. The fourth-order valence-corrected chi connectivity index (χ4v) is 1.66. The molecule has 0 unspecified atom stereocenters. The van der Waals surface area contributed by atoms with Crippen molar-refractivity contribution in [2.24, 2.45) is 0 Å². The van der Waals surface area contributed by atoms with E-state index in [0.29, 0.717) is 0 Å². The van der Waals surface area contributed by atoms with Gasteiger partial charge in [0, 0.05) is 6.42 Å². The molecule has 0 fully saturated rings. The van der Waals surface area contributed by atoms with Crippen LogP contribution >= 0.6 is 0 Å². The molecule has 0 nitrogen and oxygen atoms in total. The molecule has 0 bridgehead atoms. The zero-order valence-electron chi connectivity index (χ0n) is 8.90. The monoisotopic (exact) mass is 194 g/mol. The van der Waals surface area contributed by atoms with Crippen molar-refractivity contribution < 1.29 is 0 Å². The first kappa shape index (κ1) is 9.97. The van der Waals surface area contributed by atoms with E-state index < -0.39 is 0 Å². The van der Waals surface area contributed by atoms with E-state index in [-0.39, 0.29) is 0 Å². The molecular weight excluding hydrogens is 180 g/mol. The van der Waals surface area contributed by atoms with E-state index in [0.717, 1.165) is 6.42 Å². The number of rotatable bonds is 2. The molecule has 74 valence electrons. The fraction of sp³-hybridized carbons (Fsp3) is 0.133. The Labute approximate surface area is 91.6 Å². The summed E-state index contributed by atoms with van der Waals surface area (Å²) in [4.78, 5) is 0. The number of allylic oxidation sites excluding steroid dienone is 6. The van der Waals surface area contributed by atoms with Crippen LogP contribution in [0.1, 0.15) is 12.5 Å². The van der Waals surface area contributed by atoms with Crippen LogP contribution in [-0.4, -0.2) is 0 Å². The Morgan fingerprint density at radius 2 is 2.00 bits per heavy atom. The summed E-state index contributed by atoms with van der Waals surface area (Å²) in [5.74, 6) is 0. The van der Waals surface area contributed by atoms with Crippen LogP contribution < -0.4 is 0 Å². The normalized spacial score (nSPS) is 17.9. The zero-order chi connectivity index (χ0) is 10.5. The topological polar surface area (TPSA) is 0 Å². The molecule has 1 aromatic carbocycles. The van der Waals surface area contributed by atoms with E-state index in [1.807, 2.05) is 18.6 Å². The summed E-state index contributed by atoms with van der Waals surface area (Å²) < 4.78 is 0. The number of hydrogen-bond donors (Lipinski definition) is 0. The average molecular weight is 194 g/mol. The third kappa shape index (κ3) is 2.69. The van der Waals surface area contributed by atoms with E-state index in [1.54, 1.807) is 0 Å². The molecule has 0 spiro atoms. The van der Waals surface area contributed by atoms with Gasteiger partial charge in [0.2, 0.25) is 0 Å². The molecule has 2 rings (SSSR count). The van der Waals surface area contributed by atoms with Crippen molar-refractivity contribution in [1.82, 2.24) is 0 Å². The van der Waals surface area contributed by atoms with Gasteiger partial charge in [0.1, 0.15) is 0 Å². The molecule has 1 aromatic rings. The lowest BCUT2D eigenvalue weighted by molar-refractivity contribution is 1.12. The maximum absolute atomic E-state index is 3.11. The number of benzene rings is 1. The fourth-order valence-electron chi connectivity index (χ4n) is 1.66. The third-order valence-electron chi connectivity index (χ3n) is 2.51. The van der Waals surface area contributed by atoms with E-state index >= 15 is 0 Å². The van der Waals surface area contributed by atoms with Crippen molar-refractivity contribution in [3.05, 3.63) is 77.8 Å². The van der Waals surface area contributed by atoms with Gasteiger partial charge in [0.25, 0.3) is 0 Å². The molecule has 15 heavy (non-hydrogen) atoms. The van der Waals surface area contributed by atoms with Gasteiger partial charge in [-0.1, -0.05) is 54.1 Å². The van der Waals surface area contributed by atoms with Crippen molar-refractivity contribution >= 4 is 0 Å². The highest BCUT2D eigenvalue weighted by molar-refractivity contribution is 5.41. The lowest BCUT2D eigenvalue weighted by Crippen LogP contribution is -1.91. The first-order chi connectivity index (χ1) is 7.36. The van der Waals surface area contributed by atoms with Crippen molar-refractivity contribution in [2.75, 3.05) is 0 Å². The molecule has 0 aromatic heterocycles. The molecule has 0 atom stereocenters. The van der Waals surface area contributed by atoms with E-state index in [4.69, 9.17) is 0 Å². The zero-order valence-corrected chi connectivity index (χ0v) is 8.90. The Hall–Kier alpha value is -1.56. The second-order valence-corrected chi connectivity index (χ2v) is 3.73. The van der Waals surface area contributed by atoms with Gasteiger partial charge in [-0.25, -0.2) is 0 Å². The van der Waals surface area contributed by atoms with Crippen molar-refractivity contribution in [3.63, 3.8) is 0 Å². The molecule has 0 saturated carbocycles. The smallest absolute Gasteiger partial charge is 0.0128 e. The van der Waals surface area contributed by atoms with E-state index in [2.05, 4.69) is 49.4 Å². The summed E-state index contributed by atoms with van der Waals surface area (Å²) in [5.41, 5.74) is 4.03. The molecule has 0 saturated heterocycles. The Bertz CT molecular complexity index is 391. The minimum absolute atomic E-state index is 1.01. The molecule has 0 amide bonds. The van der Waals surface area contributed by atoms with Crippen LogP contribution in [0.2, 0.25) is 0 Å². The minimum atomic E-state index is 1.01. The van der Waals surface area contributed by atoms with Crippen molar-refractivity contribution in [3.8, 4) is 0 Å². The summed E-state index contributed by atoms with van der Waals surface area (Å²) >= 11 is 0. The van der Waals surface area contributed by atoms with Crippen LogP contribution in [0.3, 0.4) is 0 Å². The second-order valence-electron chi connectivity index (χ2n) is 3.73. The molecule has 0 heteroatoms. The summed E-state index contributed by atoms with van der Waals surface area (Å²) in [5, 5.41) is 0. The highest BCUT2D eigenvalue weighted by atomic mass is 14.0. The van der Waals surface area contributed by atoms with Crippen LogP contribution in [0, 0.1) is 12.5 Å². The molecule has 0 aliphatic heterocycles. The van der Waals surface area contributed by atoms with Gasteiger partial charge in [0.15, 0.2) is 0 Å². The second kappa shape index (κ2) is 4.79. The first-order valence-corrected chi connectivity index (χ1v) is 5.19. The molecule has 1 aliphatic carbocycles. The quantitative estimate of drug-likeness (QED) is 0.673. The van der Waals surface area contributed by atoms with Gasteiger partial charge in [0.05, 0.1) is 0 Å². The largest absolute Gasteiger partial charge is 0.0755 e. The Morgan fingerprint density at radius 3 is 2.67 bits per heavy atom. The van der Waals surface area contributed by atoms with Crippen LogP contribution in [0.4, 0.5) is 0 Å². The Morgan fingerprint density at radius 1 is 1.20 bits per heavy atom. The summed E-state index contributed by atoms with van der Waals surface area (Å²) in [6.45, 7) is 2.18. The Kier molecular flexibility index (Phi) is 3.18. The Balaban J connectivity index is 2.15. The third-order valence-corrected chi connectivity index (χ3v) is 2.51. The van der Waals surface area contributed by atoms with Gasteiger partial charge in [-0.3, -0.25) is 0 Å². The summed E-state index contributed by atoms with van der Waals surface area (Å²) in [6.07, 6.45) is 12.3. The van der Waals surface area contributed by atoms with Crippen molar-refractivity contribution in [1.29, 1.82) is 0 Å². The number of hydrogen-bond acceptors (Lipinski definition) is 0. The highest BCUT2D eigenvalue weighted by Crippen LogP contribution is 2.16. The van der Waals surface area contributed by atoms with E-state index in [1.165, 1.54) is 16.7 Å². The molecule has 0 heterocycles. The van der Waals surface area contributed by atoms with Crippen LogP contribution in [0.15, 0.2) is 59.7 Å². The van der Waals surface area contributed by atoms with Gasteiger partial charge < -0.3 is 0 Å². The van der Waals surface area contributed by atoms with Gasteiger partial charge in [-0.2, -0.15) is 0 Å². The lowest BCUT2D eigenvalue weighted by Gasteiger charge is -2.07. The van der Waals surface area contributed by atoms with Crippen LogP contribution in [0.25, 0.3) is 0 Å². The van der Waals surface area contributed by atoms with Crippen LogP contribution in [0.5, 0.6) is 0 Å². The maximum Gasteiger partial charge on any atom is 0.0128 e. The van der Waals surface area contributed by atoms with Gasteiger partial charge >= 0.3 is 0 Å². The standard InChI is InChI=1S/C15H14/c1-13(15-10-6-3-7-11-15)12-14-8-4-2-5-9-14/h2-6,8-11H,12H2,1H3/b15-13-. The summed E-state index contributed by atoms with van der Waals surface area (Å²) in [6, 6.07) is 10.5. The predicted molar refractivity (Wildman–Crippen MR) is 64.1 cm³/mol. The molecular formula is C15H14. The summed E-state index contributed by atoms with van der Waals surface area (Å²) in [7, 11) is 0.